The summed E-state index contributed by atoms with van der Waals surface area (Å²) in [6, 6.07) is 7.46. The van der Waals surface area contributed by atoms with E-state index in [1.807, 2.05) is 38.1 Å². The zero-order valence-electron chi connectivity index (χ0n) is 15.2. The van der Waals surface area contributed by atoms with E-state index < -0.39 is 11.9 Å². The summed E-state index contributed by atoms with van der Waals surface area (Å²) in [5.74, 6) is -0.716. The Morgan fingerprint density at radius 2 is 1.84 bits per heavy atom. The molecule has 1 aromatic carbocycles. The molecule has 25 heavy (non-hydrogen) atoms. The maximum atomic E-state index is 12.6. The van der Waals surface area contributed by atoms with Crippen LogP contribution >= 0.6 is 0 Å². The van der Waals surface area contributed by atoms with E-state index in [0.29, 0.717) is 13.0 Å². The quantitative estimate of drug-likeness (QED) is 0.718. The number of aliphatic carboxylic acids is 1. The number of ether oxygens (including phenoxy) is 1. The van der Waals surface area contributed by atoms with E-state index in [1.165, 1.54) is 0 Å². The Morgan fingerprint density at radius 1 is 1.20 bits per heavy atom. The van der Waals surface area contributed by atoms with Crippen LogP contribution in [0.2, 0.25) is 0 Å². The smallest absolute Gasteiger partial charge is 0.308 e. The molecular weight excluding hydrogens is 318 g/mol. The number of carboxylic acids is 1. The zero-order valence-corrected chi connectivity index (χ0v) is 15.2. The largest absolute Gasteiger partial charge is 0.494 e. The summed E-state index contributed by atoms with van der Waals surface area (Å²) in [5, 5.41) is 12.4. The highest BCUT2D eigenvalue weighted by Gasteiger charge is 2.39. The van der Waals surface area contributed by atoms with E-state index in [-0.39, 0.29) is 17.9 Å². The average Bonchev–Trinajstić information content (AvgIpc) is 3.10. The van der Waals surface area contributed by atoms with Crippen LogP contribution in [0.3, 0.4) is 0 Å². The Kier molecular flexibility index (Phi) is 6.85. The van der Waals surface area contributed by atoms with Gasteiger partial charge in [-0.1, -0.05) is 31.9 Å². The molecule has 1 aliphatic carbocycles. The van der Waals surface area contributed by atoms with Gasteiger partial charge >= 0.3 is 5.97 Å². The van der Waals surface area contributed by atoms with Gasteiger partial charge in [0, 0.05) is 12.0 Å². The van der Waals surface area contributed by atoms with Gasteiger partial charge in [-0.2, -0.15) is 0 Å². The first-order valence-electron chi connectivity index (χ1n) is 9.23. The molecular formula is C20H29NO4. The number of hydrogen-bond acceptors (Lipinski definition) is 3. The van der Waals surface area contributed by atoms with Crippen molar-refractivity contribution in [2.75, 3.05) is 13.2 Å². The van der Waals surface area contributed by atoms with Crippen LogP contribution in [0.5, 0.6) is 5.75 Å². The van der Waals surface area contributed by atoms with Crippen LogP contribution in [0.25, 0.3) is 0 Å². The van der Waals surface area contributed by atoms with Gasteiger partial charge in [0.05, 0.1) is 12.5 Å². The first kappa shape index (κ1) is 19.3. The van der Waals surface area contributed by atoms with E-state index in [1.54, 1.807) is 0 Å². The fourth-order valence-electron chi connectivity index (χ4n) is 3.62. The lowest BCUT2D eigenvalue weighted by molar-refractivity contribution is -0.142. The van der Waals surface area contributed by atoms with Crippen molar-refractivity contribution < 1.29 is 19.4 Å². The van der Waals surface area contributed by atoms with Crippen molar-refractivity contribution in [3.05, 3.63) is 29.8 Å². The Balaban J connectivity index is 1.94. The minimum absolute atomic E-state index is 0.0189. The number of hydrogen-bond donors (Lipinski definition) is 2. The molecule has 5 heteroatoms. The Labute approximate surface area is 149 Å². The second-order valence-corrected chi connectivity index (χ2v) is 6.87. The number of amides is 1. The van der Waals surface area contributed by atoms with Gasteiger partial charge in [-0.3, -0.25) is 9.59 Å². The molecule has 1 aromatic rings. The molecule has 1 atom stereocenters. The van der Waals surface area contributed by atoms with Gasteiger partial charge in [-0.15, -0.1) is 0 Å². The van der Waals surface area contributed by atoms with Gasteiger partial charge < -0.3 is 15.2 Å². The van der Waals surface area contributed by atoms with Gasteiger partial charge in [0.25, 0.3) is 0 Å². The average molecular weight is 347 g/mol. The molecule has 0 spiro atoms. The number of benzene rings is 1. The van der Waals surface area contributed by atoms with Gasteiger partial charge in [0.1, 0.15) is 5.75 Å². The van der Waals surface area contributed by atoms with Crippen LogP contribution in [0.15, 0.2) is 24.3 Å². The van der Waals surface area contributed by atoms with Gasteiger partial charge in [-0.05, 0) is 50.3 Å². The molecule has 1 fully saturated rings. The topological polar surface area (TPSA) is 75.6 Å². The number of carbonyl (C=O) groups excluding carboxylic acids is 1. The minimum Gasteiger partial charge on any atom is -0.494 e. The van der Waals surface area contributed by atoms with Crippen LogP contribution in [0.4, 0.5) is 0 Å². The Morgan fingerprint density at radius 3 is 2.36 bits per heavy atom. The van der Waals surface area contributed by atoms with Crippen LogP contribution in [0.1, 0.15) is 51.5 Å². The number of nitrogens with one attached hydrogen (secondary N) is 1. The number of carboxylic acid groups (broad SMARTS) is 1. The lowest BCUT2D eigenvalue weighted by Gasteiger charge is -2.27. The molecule has 5 nitrogen and oxygen atoms in total. The van der Waals surface area contributed by atoms with Crippen molar-refractivity contribution in [3.63, 3.8) is 0 Å². The first-order chi connectivity index (χ1) is 12.0. The summed E-state index contributed by atoms with van der Waals surface area (Å²) < 4.78 is 5.40. The molecule has 1 aliphatic rings. The van der Waals surface area contributed by atoms with E-state index in [0.717, 1.165) is 43.4 Å². The summed E-state index contributed by atoms with van der Waals surface area (Å²) in [7, 11) is 0. The normalized spacial score (nSPS) is 17.0. The van der Waals surface area contributed by atoms with E-state index in [9.17, 15) is 14.7 Å². The predicted molar refractivity (Wildman–Crippen MR) is 96.6 cm³/mol. The van der Waals surface area contributed by atoms with Crippen molar-refractivity contribution in [2.45, 2.75) is 52.4 Å². The van der Waals surface area contributed by atoms with Crippen molar-refractivity contribution in [2.24, 2.45) is 11.3 Å². The van der Waals surface area contributed by atoms with Crippen molar-refractivity contribution in [3.8, 4) is 5.75 Å². The molecule has 0 heterocycles. The lowest BCUT2D eigenvalue weighted by atomic mass is 9.82. The molecule has 0 bridgehead atoms. The molecule has 2 N–H and O–H groups in total. The molecule has 2 rings (SSSR count). The lowest BCUT2D eigenvalue weighted by Crippen LogP contribution is -2.42. The molecule has 1 saturated carbocycles. The summed E-state index contributed by atoms with van der Waals surface area (Å²) in [6.07, 6.45) is 5.18. The number of carbonyl (C=O) groups is 2. The van der Waals surface area contributed by atoms with Crippen LogP contribution in [-0.2, 0) is 16.0 Å². The zero-order chi connectivity index (χ0) is 18.3. The molecule has 1 unspecified atom stereocenters. The van der Waals surface area contributed by atoms with Crippen LogP contribution in [-0.4, -0.2) is 30.1 Å². The highest BCUT2D eigenvalue weighted by Crippen LogP contribution is 2.41. The Bertz CT molecular complexity index is 576. The highest BCUT2D eigenvalue weighted by molar-refractivity contribution is 5.83. The van der Waals surface area contributed by atoms with Crippen LogP contribution in [0, 0.1) is 11.3 Å². The van der Waals surface area contributed by atoms with Crippen molar-refractivity contribution in [1.82, 2.24) is 5.32 Å². The van der Waals surface area contributed by atoms with E-state index in [4.69, 9.17) is 4.74 Å². The van der Waals surface area contributed by atoms with Crippen LogP contribution < -0.4 is 10.1 Å². The second-order valence-electron chi connectivity index (χ2n) is 6.87. The van der Waals surface area contributed by atoms with Gasteiger partial charge in [0.2, 0.25) is 5.91 Å². The van der Waals surface area contributed by atoms with Crippen molar-refractivity contribution in [1.29, 1.82) is 0 Å². The summed E-state index contributed by atoms with van der Waals surface area (Å²) in [6.45, 7) is 4.73. The molecule has 0 radical (unpaired) electrons. The maximum Gasteiger partial charge on any atom is 0.308 e. The van der Waals surface area contributed by atoms with Crippen molar-refractivity contribution >= 4 is 11.9 Å². The van der Waals surface area contributed by atoms with Gasteiger partial charge in [-0.25, -0.2) is 0 Å². The maximum absolute atomic E-state index is 12.6. The molecule has 0 saturated heterocycles. The molecule has 138 valence electrons. The molecule has 0 aliphatic heterocycles. The number of rotatable bonds is 9. The third-order valence-corrected chi connectivity index (χ3v) is 5.29. The fraction of sp³-hybridized carbons (Fsp3) is 0.600. The second kappa shape index (κ2) is 8.88. The summed E-state index contributed by atoms with van der Waals surface area (Å²) >= 11 is 0. The SMILES string of the molecule is CCOc1ccc(CC(CNC(=O)C2(CC)CCCC2)C(=O)O)cc1. The predicted octanol–water partition coefficient (Wildman–Crippen LogP) is 3.42. The standard InChI is InChI=1S/C20H29NO4/c1-3-20(11-5-6-12-20)19(24)21-14-16(18(22)23)13-15-7-9-17(10-8-15)25-4-2/h7-10,16H,3-6,11-14H2,1-2H3,(H,21,24)(H,22,23). The molecule has 0 aromatic heterocycles. The van der Waals surface area contributed by atoms with Gasteiger partial charge in [0.15, 0.2) is 0 Å². The third kappa shape index (κ3) is 4.97. The third-order valence-electron chi connectivity index (χ3n) is 5.29. The summed E-state index contributed by atoms with van der Waals surface area (Å²) in [4.78, 5) is 24.2. The minimum atomic E-state index is -0.883. The van der Waals surface area contributed by atoms with E-state index in [2.05, 4.69) is 5.32 Å². The van der Waals surface area contributed by atoms with E-state index >= 15 is 0 Å². The Hall–Kier alpha value is -2.04. The summed E-state index contributed by atoms with van der Waals surface area (Å²) in [5.41, 5.74) is 0.638. The monoisotopic (exact) mass is 347 g/mol. The fourth-order valence-corrected chi connectivity index (χ4v) is 3.62. The first-order valence-corrected chi connectivity index (χ1v) is 9.23. The molecule has 1 amide bonds. The highest BCUT2D eigenvalue weighted by atomic mass is 16.5.